The molecule has 4 nitrogen and oxygen atoms in total. The molecule has 0 saturated carbocycles. The number of aryl methyl sites for hydroxylation is 1. The van der Waals surface area contributed by atoms with Crippen LogP contribution in [0.1, 0.15) is 66.1 Å². The number of carbonyl (C=O) groups is 1. The van der Waals surface area contributed by atoms with Crippen LogP contribution < -0.4 is 14.2 Å². The number of alkyl halides is 4. The molecule has 0 aliphatic rings. The Labute approximate surface area is 272 Å². The molecule has 0 amide bonds. The molecule has 4 aromatic rings. The summed E-state index contributed by atoms with van der Waals surface area (Å²) < 4.78 is 171. The van der Waals surface area contributed by atoms with Gasteiger partial charge in [-0.15, -0.1) is 0 Å². The summed E-state index contributed by atoms with van der Waals surface area (Å²) in [6.45, 7) is 2.03. The standard InChI is InChI=1S/C34H25F11O4/c1-2-3-4-5-6-7-18-8-10-22(23(35)12-18)33(42,43)49-21-16-25(37)30(26(38)17-21)34(44,45)48-20-9-11-29(24(36)15-20)47-32(46)19-13-27(39)31(41)28(40)14-19/h8-17H,2-7H2,1H3. The SMILES string of the molecule is CCCCCCCc1ccc(C(F)(F)Oc2cc(F)c(C(F)(F)Oc3ccc(OC(=O)c4cc(F)c(F)c(F)c4)c(F)c3)c(F)c2)c(F)c1. The highest BCUT2D eigenvalue weighted by atomic mass is 19.3. The molecule has 0 aliphatic heterocycles. The van der Waals surface area contributed by atoms with Crippen molar-refractivity contribution in [3.05, 3.63) is 124 Å². The van der Waals surface area contributed by atoms with Crippen molar-refractivity contribution in [3.63, 3.8) is 0 Å². The highest BCUT2D eigenvalue weighted by Gasteiger charge is 2.43. The van der Waals surface area contributed by atoms with Crippen LogP contribution in [0.5, 0.6) is 17.2 Å². The average Bonchev–Trinajstić information content (AvgIpc) is 2.99. The molecule has 0 saturated heterocycles. The van der Waals surface area contributed by atoms with E-state index in [1.54, 1.807) is 0 Å². The summed E-state index contributed by atoms with van der Waals surface area (Å²) in [5, 5.41) is 0. The second-order valence-electron chi connectivity index (χ2n) is 10.7. The quantitative estimate of drug-likeness (QED) is 0.0431. The van der Waals surface area contributed by atoms with Crippen molar-refractivity contribution in [2.45, 2.75) is 57.7 Å². The van der Waals surface area contributed by atoms with E-state index in [4.69, 9.17) is 0 Å². The van der Waals surface area contributed by atoms with Gasteiger partial charge in [-0.05, 0) is 54.8 Å². The number of carbonyl (C=O) groups excluding carboxylic acids is 1. The molecule has 0 spiro atoms. The van der Waals surface area contributed by atoms with Gasteiger partial charge in [0.1, 0.15) is 34.5 Å². The van der Waals surface area contributed by atoms with Gasteiger partial charge in [-0.3, -0.25) is 0 Å². The average molecular weight is 707 g/mol. The zero-order valence-electron chi connectivity index (χ0n) is 25.3. The van der Waals surface area contributed by atoms with Crippen molar-refractivity contribution in [3.8, 4) is 17.2 Å². The Morgan fingerprint density at radius 1 is 0.612 bits per heavy atom. The maximum Gasteiger partial charge on any atom is 0.432 e. The third-order valence-corrected chi connectivity index (χ3v) is 7.04. The van der Waals surface area contributed by atoms with Crippen LogP contribution >= 0.6 is 0 Å². The maximum atomic E-state index is 14.9. The molecule has 0 atom stereocenters. The second kappa shape index (κ2) is 15.2. The Hall–Kier alpha value is -4.82. The van der Waals surface area contributed by atoms with E-state index in [1.165, 1.54) is 6.07 Å². The minimum Gasteiger partial charge on any atom is -0.429 e. The largest absolute Gasteiger partial charge is 0.432 e. The molecule has 15 heteroatoms. The summed E-state index contributed by atoms with van der Waals surface area (Å²) in [5.74, 6) is -17.5. The number of rotatable bonds is 14. The number of hydrogen-bond acceptors (Lipinski definition) is 4. The predicted octanol–water partition coefficient (Wildman–Crippen LogP) is 10.6. The van der Waals surface area contributed by atoms with Gasteiger partial charge in [0.05, 0.1) is 11.1 Å². The zero-order valence-corrected chi connectivity index (χ0v) is 25.3. The number of benzene rings is 4. The van der Waals surface area contributed by atoms with Crippen molar-refractivity contribution >= 4 is 5.97 Å². The van der Waals surface area contributed by atoms with Crippen molar-refractivity contribution in [1.29, 1.82) is 0 Å². The van der Waals surface area contributed by atoms with E-state index in [2.05, 4.69) is 14.2 Å². The molecule has 0 N–H and O–H groups in total. The normalized spacial score (nSPS) is 11.8. The van der Waals surface area contributed by atoms with Gasteiger partial charge in [0, 0.05) is 18.2 Å². The van der Waals surface area contributed by atoms with Gasteiger partial charge < -0.3 is 14.2 Å². The molecule has 0 unspecified atom stereocenters. The minimum absolute atomic E-state index is 0.0174. The highest BCUT2D eigenvalue weighted by molar-refractivity contribution is 5.91. The molecule has 49 heavy (non-hydrogen) atoms. The van der Waals surface area contributed by atoms with E-state index in [0.29, 0.717) is 30.5 Å². The van der Waals surface area contributed by atoms with Crippen LogP contribution in [0.25, 0.3) is 0 Å². The van der Waals surface area contributed by atoms with Gasteiger partial charge in [-0.2, -0.15) is 17.6 Å². The van der Waals surface area contributed by atoms with E-state index < -0.39 is 92.8 Å². The summed E-state index contributed by atoms with van der Waals surface area (Å²) in [6, 6.07) is 4.63. The summed E-state index contributed by atoms with van der Waals surface area (Å²) in [4.78, 5) is 12.1. The van der Waals surface area contributed by atoms with Crippen LogP contribution in [0.2, 0.25) is 0 Å². The summed E-state index contributed by atoms with van der Waals surface area (Å²) in [6.07, 6.45) is -4.39. The Kier molecular flexibility index (Phi) is 11.5. The van der Waals surface area contributed by atoms with E-state index in [0.717, 1.165) is 37.8 Å². The van der Waals surface area contributed by atoms with Gasteiger partial charge in [0.25, 0.3) is 0 Å². The van der Waals surface area contributed by atoms with E-state index >= 15 is 0 Å². The lowest BCUT2D eigenvalue weighted by Gasteiger charge is -2.22. The van der Waals surface area contributed by atoms with E-state index in [-0.39, 0.29) is 30.3 Å². The first kappa shape index (κ1) is 37.0. The number of ether oxygens (including phenoxy) is 3. The third kappa shape index (κ3) is 9.00. The lowest BCUT2D eigenvalue weighted by Crippen LogP contribution is -2.26. The molecule has 0 bridgehead atoms. The molecular weight excluding hydrogens is 681 g/mol. The van der Waals surface area contributed by atoms with Crippen molar-refractivity contribution in [1.82, 2.24) is 0 Å². The summed E-state index contributed by atoms with van der Waals surface area (Å²) in [7, 11) is 0. The molecular formula is C34H25F11O4. The van der Waals surface area contributed by atoms with Gasteiger partial charge in [0.15, 0.2) is 29.0 Å². The fourth-order valence-corrected chi connectivity index (χ4v) is 4.63. The van der Waals surface area contributed by atoms with Crippen LogP contribution in [0.4, 0.5) is 48.3 Å². The summed E-state index contributed by atoms with van der Waals surface area (Å²) >= 11 is 0. The first-order valence-electron chi connectivity index (χ1n) is 14.6. The van der Waals surface area contributed by atoms with Gasteiger partial charge in [-0.25, -0.2) is 35.5 Å². The topological polar surface area (TPSA) is 44.8 Å². The third-order valence-electron chi connectivity index (χ3n) is 7.04. The van der Waals surface area contributed by atoms with Crippen LogP contribution in [0.15, 0.2) is 60.7 Å². The monoisotopic (exact) mass is 706 g/mol. The molecule has 262 valence electrons. The minimum atomic E-state index is -4.90. The Bertz CT molecular complexity index is 1780. The number of esters is 1. The van der Waals surface area contributed by atoms with Crippen LogP contribution in [-0.4, -0.2) is 5.97 Å². The van der Waals surface area contributed by atoms with Crippen molar-refractivity contribution in [2.75, 3.05) is 0 Å². The van der Waals surface area contributed by atoms with Gasteiger partial charge in [0.2, 0.25) is 0 Å². The maximum absolute atomic E-state index is 14.9. The Balaban J connectivity index is 1.46. The molecule has 4 rings (SSSR count). The van der Waals surface area contributed by atoms with Gasteiger partial charge >= 0.3 is 18.2 Å². The fourth-order valence-electron chi connectivity index (χ4n) is 4.63. The lowest BCUT2D eigenvalue weighted by molar-refractivity contribution is -0.191. The number of halogens is 11. The Morgan fingerprint density at radius 3 is 1.80 bits per heavy atom. The smallest absolute Gasteiger partial charge is 0.429 e. The molecule has 4 aromatic carbocycles. The summed E-state index contributed by atoms with van der Waals surface area (Å²) in [5.41, 5.74) is -3.79. The molecule has 0 aromatic heterocycles. The van der Waals surface area contributed by atoms with E-state index in [1.807, 2.05) is 6.92 Å². The zero-order chi connectivity index (χ0) is 36.1. The van der Waals surface area contributed by atoms with Crippen LogP contribution in [-0.2, 0) is 18.6 Å². The molecule has 0 aliphatic carbocycles. The number of unbranched alkanes of at least 4 members (excludes halogenated alkanes) is 4. The van der Waals surface area contributed by atoms with Gasteiger partial charge in [-0.1, -0.05) is 38.7 Å². The lowest BCUT2D eigenvalue weighted by atomic mass is 10.0. The first-order chi connectivity index (χ1) is 23.0. The number of hydrogen-bond donors (Lipinski definition) is 0. The molecule has 0 heterocycles. The van der Waals surface area contributed by atoms with Crippen molar-refractivity contribution < 1.29 is 67.3 Å². The van der Waals surface area contributed by atoms with Crippen LogP contribution in [0, 0.1) is 40.7 Å². The molecule has 0 radical (unpaired) electrons. The molecule has 0 fully saturated rings. The predicted molar refractivity (Wildman–Crippen MR) is 152 cm³/mol. The second-order valence-corrected chi connectivity index (χ2v) is 10.7. The van der Waals surface area contributed by atoms with Crippen LogP contribution in [0.3, 0.4) is 0 Å². The van der Waals surface area contributed by atoms with E-state index in [9.17, 15) is 53.1 Å². The first-order valence-corrected chi connectivity index (χ1v) is 14.6. The van der Waals surface area contributed by atoms with Crippen molar-refractivity contribution in [2.24, 2.45) is 0 Å². The highest BCUT2D eigenvalue weighted by Crippen LogP contribution is 2.40. The Morgan fingerprint density at radius 2 is 1.20 bits per heavy atom. The fraction of sp³-hybridized carbons (Fsp3) is 0.265.